The maximum atomic E-state index is 13.4. The molecule has 1 aromatic carbocycles. The van der Waals surface area contributed by atoms with Crippen molar-refractivity contribution in [2.75, 3.05) is 26.2 Å². The Morgan fingerprint density at radius 1 is 1.25 bits per heavy atom. The molecule has 2 fully saturated rings. The number of aromatic nitrogens is 1. The third-order valence-corrected chi connectivity index (χ3v) is 6.39. The molecule has 1 aliphatic heterocycles. The highest BCUT2D eigenvalue weighted by atomic mass is 19.3. The largest absolute Gasteiger partial charge is 0.489 e. The van der Waals surface area contributed by atoms with Gasteiger partial charge in [-0.05, 0) is 50.8 Å². The van der Waals surface area contributed by atoms with E-state index in [-0.39, 0.29) is 46.7 Å². The fraction of sp³-hybridized carbons (Fsp3) is 0.560. The summed E-state index contributed by atoms with van der Waals surface area (Å²) in [6.07, 6.45) is 2.48. The van der Waals surface area contributed by atoms with Gasteiger partial charge in [0.25, 0.3) is 5.91 Å². The van der Waals surface area contributed by atoms with Gasteiger partial charge in [-0.25, -0.2) is 4.98 Å². The molecular formula is C25H32F2N4O5. The Balaban J connectivity index is 1.59. The van der Waals surface area contributed by atoms with E-state index in [4.69, 9.17) is 14.9 Å². The van der Waals surface area contributed by atoms with E-state index in [1.165, 1.54) is 18.2 Å². The van der Waals surface area contributed by atoms with Crippen molar-refractivity contribution in [3.05, 3.63) is 29.7 Å². The lowest BCUT2D eigenvalue weighted by Gasteiger charge is -2.39. The number of carbonyl (C=O) groups excluding carboxylic acids is 2. The summed E-state index contributed by atoms with van der Waals surface area (Å²) in [4.78, 5) is 33.4. The van der Waals surface area contributed by atoms with Crippen LogP contribution in [0, 0.1) is 5.92 Å². The first-order valence-corrected chi connectivity index (χ1v) is 12.2. The molecule has 36 heavy (non-hydrogen) atoms. The van der Waals surface area contributed by atoms with Gasteiger partial charge in [0, 0.05) is 37.7 Å². The normalized spacial score (nSPS) is 18.9. The van der Waals surface area contributed by atoms with Crippen LogP contribution >= 0.6 is 0 Å². The van der Waals surface area contributed by atoms with Gasteiger partial charge in [0.15, 0.2) is 23.0 Å². The van der Waals surface area contributed by atoms with E-state index < -0.39 is 12.7 Å². The lowest BCUT2D eigenvalue weighted by molar-refractivity contribution is -0.134. The number of hydrogen-bond donors (Lipinski definition) is 1. The number of carbonyl (C=O) groups is 2. The number of ether oxygens (including phenoxy) is 2. The van der Waals surface area contributed by atoms with Crippen molar-refractivity contribution >= 4 is 11.8 Å². The number of piperazine rings is 1. The number of nitrogens with zero attached hydrogens (tertiary/aromatic N) is 3. The second-order valence-corrected chi connectivity index (χ2v) is 9.36. The first-order chi connectivity index (χ1) is 17.2. The van der Waals surface area contributed by atoms with Crippen molar-refractivity contribution in [3.8, 4) is 23.0 Å². The first-order valence-electron chi connectivity index (χ1n) is 12.2. The summed E-state index contributed by atoms with van der Waals surface area (Å²) in [5.74, 6) is 0.529. The van der Waals surface area contributed by atoms with E-state index >= 15 is 0 Å². The molecule has 196 valence electrons. The summed E-state index contributed by atoms with van der Waals surface area (Å²) in [5, 5.41) is 0. The second-order valence-electron chi connectivity index (χ2n) is 9.36. The topological polar surface area (TPSA) is 111 Å². The van der Waals surface area contributed by atoms with E-state index in [1.807, 2.05) is 13.8 Å². The zero-order chi connectivity index (χ0) is 26.0. The van der Waals surface area contributed by atoms with Crippen LogP contribution in [0.5, 0.6) is 11.5 Å². The Morgan fingerprint density at radius 3 is 2.61 bits per heavy atom. The molecule has 1 aliphatic carbocycles. The molecule has 1 saturated heterocycles. The molecule has 1 aromatic heterocycles. The van der Waals surface area contributed by atoms with Crippen LogP contribution in [-0.4, -0.2) is 65.5 Å². The highest BCUT2D eigenvalue weighted by Gasteiger charge is 2.33. The fourth-order valence-corrected chi connectivity index (χ4v) is 4.22. The number of rotatable bonds is 9. The van der Waals surface area contributed by atoms with Gasteiger partial charge in [0.05, 0.1) is 12.6 Å². The van der Waals surface area contributed by atoms with Crippen LogP contribution in [0.1, 0.15) is 62.3 Å². The highest BCUT2D eigenvalue weighted by molar-refractivity contribution is 5.94. The molecule has 2 aliphatic rings. The fourth-order valence-electron chi connectivity index (χ4n) is 4.22. The minimum Gasteiger partial charge on any atom is -0.489 e. The van der Waals surface area contributed by atoms with Crippen LogP contribution in [0.2, 0.25) is 0 Å². The predicted molar refractivity (Wildman–Crippen MR) is 127 cm³/mol. The van der Waals surface area contributed by atoms with Gasteiger partial charge in [0.2, 0.25) is 11.8 Å². The van der Waals surface area contributed by atoms with Crippen molar-refractivity contribution in [1.29, 1.82) is 0 Å². The average Bonchev–Trinajstić information content (AvgIpc) is 3.57. The molecule has 2 atom stereocenters. The van der Waals surface area contributed by atoms with E-state index in [9.17, 15) is 18.4 Å². The zero-order valence-electron chi connectivity index (χ0n) is 20.7. The summed E-state index contributed by atoms with van der Waals surface area (Å²) >= 11 is 0. The van der Waals surface area contributed by atoms with Gasteiger partial charge >= 0.3 is 6.61 Å². The Labute approximate surface area is 208 Å². The minimum absolute atomic E-state index is 0.0496. The number of benzene rings is 1. The smallest absolute Gasteiger partial charge is 0.387 e. The summed E-state index contributed by atoms with van der Waals surface area (Å²) in [6.45, 7) is 3.97. The summed E-state index contributed by atoms with van der Waals surface area (Å²) < 4.78 is 42.0. The monoisotopic (exact) mass is 506 g/mol. The van der Waals surface area contributed by atoms with Crippen molar-refractivity contribution in [2.24, 2.45) is 11.7 Å². The number of amides is 2. The van der Waals surface area contributed by atoms with Crippen LogP contribution in [-0.2, 0) is 4.79 Å². The van der Waals surface area contributed by atoms with Gasteiger partial charge < -0.3 is 29.4 Å². The molecule has 11 heteroatoms. The van der Waals surface area contributed by atoms with Gasteiger partial charge in [-0.1, -0.05) is 6.92 Å². The molecule has 9 nitrogen and oxygen atoms in total. The summed E-state index contributed by atoms with van der Waals surface area (Å²) in [5.41, 5.74) is 6.62. The minimum atomic E-state index is -3.00. The quantitative estimate of drug-likeness (QED) is 0.550. The van der Waals surface area contributed by atoms with E-state index in [0.29, 0.717) is 44.1 Å². The maximum absolute atomic E-state index is 13.4. The van der Waals surface area contributed by atoms with Gasteiger partial charge in [-0.2, -0.15) is 8.78 Å². The number of nitrogens with two attached hydrogens (primary N) is 1. The first kappa shape index (κ1) is 25.9. The molecule has 1 saturated carbocycles. The van der Waals surface area contributed by atoms with Gasteiger partial charge in [-0.15, -0.1) is 0 Å². The molecule has 2 aromatic rings. The number of oxazole rings is 1. The van der Waals surface area contributed by atoms with Crippen molar-refractivity contribution in [1.82, 2.24) is 14.8 Å². The number of hydrogen-bond acceptors (Lipinski definition) is 7. The molecule has 2 amide bonds. The second kappa shape index (κ2) is 10.8. The predicted octanol–water partition coefficient (Wildman–Crippen LogP) is 3.83. The molecule has 0 bridgehead atoms. The molecule has 2 N–H and O–H groups in total. The third-order valence-electron chi connectivity index (χ3n) is 6.39. The SMILES string of the molecule is CCC(=O)N1CCN(C(=O)c2nc(-c3ccc(OC(F)F)c(OCC4CC4)c3)oc2[C@H](C)N)C[C@H]1C. The zero-order valence-corrected chi connectivity index (χ0v) is 20.7. The molecule has 0 spiro atoms. The Kier molecular flexibility index (Phi) is 7.77. The summed E-state index contributed by atoms with van der Waals surface area (Å²) in [6, 6.07) is 3.66. The van der Waals surface area contributed by atoms with Gasteiger partial charge in [-0.3, -0.25) is 9.59 Å². The van der Waals surface area contributed by atoms with E-state index in [1.54, 1.807) is 16.7 Å². The van der Waals surface area contributed by atoms with E-state index in [0.717, 1.165) is 12.8 Å². The van der Waals surface area contributed by atoms with Crippen molar-refractivity contribution in [3.63, 3.8) is 0 Å². The number of halogens is 2. The average molecular weight is 507 g/mol. The summed E-state index contributed by atoms with van der Waals surface area (Å²) in [7, 11) is 0. The Hall–Kier alpha value is -3.21. The maximum Gasteiger partial charge on any atom is 0.387 e. The Morgan fingerprint density at radius 2 is 2.00 bits per heavy atom. The number of alkyl halides is 2. The van der Waals surface area contributed by atoms with Crippen molar-refractivity contribution in [2.45, 2.75) is 58.7 Å². The third kappa shape index (κ3) is 5.77. The molecule has 2 heterocycles. The molecule has 0 unspecified atom stereocenters. The van der Waals surface area contributed by atoms with Crippen LogP contribution in [0.25, 0.3) is 11.5 Å². The van der Waals surface area contributed by atoms with Gasteiger partial charge in [0.1, 0.15) is 0 Å². The van der Waals surface area contributed by atoms with Crippen LogP contribution in [0.15, 0.2) is 22.6 Å². The highest BCUT2D eigenvalue weighted by Crippen LogP contribution is 2.37. The van der Waals surface area contributed by atoms with Crippen LogP contribution in [0.4, 0.5) is 8.78 Å². The van der Waals surface area contributed by atoms with Crippen LogP contribution in [0.3, 0.4) is 0 Å². The lowest BCUT2D eigenvalue weighted by Crippen LogP contribution is -2.55. The van der Waals surface area contributed by atoms with Crippen molar-refractivity contribution < 1.29 is 32.3 Å². The molecule has 4 rings (SSSR count). The molecule has 0 radical (unpaired) electrons. The Bertz CT molecular complexity index is 1100. The van der Waals surface area contributed by atoms with Crippen LogP contribution < -0.4 is 15.2 Å². The standard InChI is InChI=1S/C25H32F2N4O5/c1-4-20(32)31-10-9-30(12-14(31)2)24(33)21-22(15(3)28)36-23(29-21)17-7-8-18(35-25(26)27)19(11-17)34-13-16-5-6-16/h7-8,11,14-16,25H,4-6,9-10,12-13,28H2,1-3H3/t14-,15+/m1/s1. The molecular weight excluding hydrogens is 474 g/mol. The lowest BCUT2D eigenvalue weighted by atomic mass is 10.1. The van der Waals surface area contributed by atoms with E-state index in [2.05, 4.69) is 9.72 Å².